The smallest absolute Gasteiger partial charge is 0.267 e. The molecule has 4 heteroatoms. The van der Waals surface area contributed by atoms with Gasteiger partial charge in [-0.1, -0.05) is 26.7 Å². The van der Waals surface area contributed by atoms with E-state index in [0.29, 0.717) is 12.3 Å². The second-order valence-electron chi connectivity index (χ2n) is 3.11. The molecular formula is C8H18O3S. The van der Waals surface area contributed by atoms with Gasteiger partial charge < -0.3 is 0 Å². The predicted octanol–water partition coefficient (Wildman–Crippen LogP) is 1.79. The molecule has 0 radical (unpaired) electrons. The highest BCUT2D eigenvalue weighted by Crippen LogP contribution is 2.11. The molecule has 74 valence electrons. The fraction of sp³-hybridized carbons (Fsp3) is 1.00. The second-order valence-corrected chi connectivity index (χ2v) is 4.97. The van der Waals surface area contributed by atoms with Crippen LogP contribution in [-0.4, -0.2) is 21.3 Å². The Hall–Kier alpha value is -0.0900. The Morgan fingerprint density at radius 1 is 1.33 bits per heavy atom. The van der Waals surface area contributed by atoms with Crippen molar-refractivity contribution in [3.63, 3.8) is 0 Å². The van der Waals surface area contributed by atoms with Gasteiger partial charge in [0.15, 0.2) is 0 Å². The quantitative estimate of drug-likeness (QED) is 0.605. The molecule has 0 rings (SSSR count). The summed E-state index contributed by atoms with van der Waals surface area (Å²) in [7, 11) is -2.02. The van der Waals surface area contributed by atoms with Gasteiger partial charge in [-0.05, 0) is 12.3 Å². The average molecular weight is 194 g/mol. The topological polar surface area (TPSA) is 43.4 Å². The highest BCUT2D eigenvalue weighted by atomic mass is 32.2. The first kappa shape index (κ1) is 11.9. The van der Waals surface area contributed by atoms with E-state index >= 15 is 0 Å². The van der Waals surface area contributed by atoms with E-state index in [0.717, 1.165) is 12.8 Å². The van der Waals surface area contributed by atoms with Crippen molar-refractivity contribution in [3.8, 4) is 0 Å². The Balaban J connectivity index is 3.68. The molecule has 1 unspecified atom stereocenters. The van der Waals surface area contributed by atoms with Crippen molar-refractivity contribution < 1.29 is 12.6 Å². The molecule has 0 N–H and O–H groups in total. The third-order valence-electron chi connectivity index (χ3n) is 1.90. The van der Waals surface area contributed by atoms with Gasteiger partial charge in [0.2, 0.25) is 0 Å². The van der Waals surface area contributed by atoms with E-state index in [4.69, 9.17) is 0 Å². The van der Waals surface area contributed by atoms with Crippen LogP contribution in [0.3, 0.4) is 0 Å². The molecule has 0 aromatic rings. The number of rotatable bonds is 6. The van der Waals surface area contributed by atoms with Gasteiger partial charge in [0.05, 0.1) is 12.9 Å². The number of hydrogen-bond acceptors (Lipinski definition) is 3. The molecule has 0 aromatic carbocycles. The van der Waals surface area contributed by atoms with E-state index in [2.05, 4.69) is 18.0 Å². The van der Waals surface area contributed by atoms with Gasteiger partial charge in [0.25, 0.3) is 10.1 Å². The van der Waals surface area contributed by atoms with Crippen LogP contribution in [0.15, 0.2) is 0 Å². The lowest BCUT2D eigenvalue weighted by Gasteiger charge is -2.08. The molecular weight excluding hydrogens is 176 g/mol. The van der Waals surface area contributed by atoms with Crippen LogP contribution in [0.25, 0.3) is 0 Å². The summed E-state index contributed by atoms with van der Waals surface area (Å²) in [4.78, 5) is 0. The Kier molecular flexibility index (Phi) is 5.50. The Morgan fingerprint density at radius 3 is 2.33 bits per heavy atom. The zero-order chi connectivity index (χ0) is 9.61. The van der Waals surface area contributed by atoms with Crippen molar-refractivity contribution >= 4 is 10.1 Å². The third-order valence-corrected chi connectivity index (χ3v) is 3.14. The molecule has 1 atom stereocenters. The van der Waals surface area contributed by atoms with E-state index in [1.807, 2.05) is 0 Å². The normalized spacial score (nSPS) is 14.6. The molecule has 0 saturated carbocycles. The van der Waals surface area contributed by atoms with Crippen LogP contribution in [0.5, 0.6) is 0 Å². The van der Waals surface area contributed by atoms with Gasteiger partial charge in [-0.2, -0.15) is 8.42 Å². The fourth-order valence-corrected chi connectivity index (χ4v) is 1.92. The van der Waals surface area contributed by atoms with E-state index < -0.39 is 10.1 Å². The lowest BCUT2D eigenvalue weighted by molar-refractivity contribution is 0.391. The van der Waals surface area contributed by atoms with Crippen LogP contribution in [0.2, 0.25) is 0 Å². The minimum atomic E-state index is -3.23. The van der Waals surface area contributed by atoms with E-state index in [9.17, 15) is 8.42 Å². The maximum absolute atomic E-state index is 10.9. The first-order valence-electron chi connectivity index (χ1n) is 4.30. The van der Waals surface area contributed by atoms with Gasteiger partial charge in [-0.15, -0.1) is 0 Å². The largest absolute Gasteiger partial charge is 0.273 e. The molecule has 0 bridgehead atoms. The summed E-state index contributed by atoms with van der Waals surface area (Å²) in [5.41, 5.74) is 0. The first-order valence-corrected chi connectivity index (χ1v) is 5.88. The first-order chi connectivity index (χ1) is 5.52. The number of hydrogen-bond donors (Lipinski definition) is 0. The summed E-state index contributed by atoms with van der Waals surface area (Å²) in [6.45, 7) is 4.16. The van der Waals surface area contributed by atoms with Gasteiger partial charge in [0, 0.05) is 0 Å². The standard InChI is InChI=1S/C8H18O3S/c1-4-5-8(2)6-7-12(9,10)11-3/h8H,4-7H2,1-3H3. The van der Waals surface area contributed by atoms with Crippen LogP contribution in [0, 0.1) is 5.92 Å². The minimum Gasteiger partial charge on any atom is -0.273 e. The van der Waals surface area contributed by atoms with Gasteiger partial charge in [0.1, 0.15) is 0 Å². The molecule has 0 aliphatic carbocycles. The van der Waals surface area contributed by atoms with Gasteiger partial charge in [-0.25, -0.2) is 0 Å². The van der Waals surface area contributed by atoms with Crippen molar-refractivity contribution in [1.29, 1.82) is 0 Å². The van der Waals surface area contributed by atoms with Crippen molar-refractivity contribution in [2.45, 2.75) is 33.1 Å². The fourth-order valence-electron chi connectivity index (χ4n) is 1.07. The molecule has 0 aliphatic heterocycles. The highest BCUT2D eigenvalue weighted by Gasteiger charge is 2.10. The van der Waals surface area contributed by atoms with Crippen LogP contribution in [0.1, 0.15) is 33.1 Å². The van der Waals surface area contributed by atoms with Gasteiger partial charge in [-0.3, -0.25) is 4.18 Å². The molecule has 0 spiro atoms. The summed E-state index contributed by atoms with van der Waals surface area (Å²) in [5, 5.41) is 0. The van der Waals surface area contributed by atoms with Crippen molar-refractivity contribution in [2.75, 3.05) is 12.9 Å². The predicted molar refractivity (Wildman–Crippen MR) is 49.5 cm³/mol. The summed E-state index contributed by atoms with van der Waals surface area (Å²) in [5.74, 6) is 0.616. The molecule has 12 heavy (non-hydrogen) atoms. The van der Waals surface area contributed by atoms with Gasteiger partial charge >= 0.3 is 0 Å². The summed E-state index contributed by atoms with van der Waals surface area (Å²) < 4.78 is 26.1. The summed E-state index contributed by atoms with van der Waals surface area (Å²) in [6.07, 6.45) is 2.89. The zero-order valence-electron chi connectivity index (χ0n) is 8.04. The molecule has 0 saturated heterocycles. The zero-order valence-corrected chi connectivity index (χ0v) is 8.86. The van der Waals surface area contributed by atoms with E-state index in [1.54, 1.807) is 0 Å². The van der Waals surface area contributed by atoms with E-state index in [1.165, 1.54) is 7.11 Å². The SMILES string of the molecule is CCCC(C)CCS(=O)(=O)OC. The minimum absolute atomic E-state index is 0.144. The molecule has 0 aromatic heterocycles. The van der Waals surface area contributed by atoms with E-state index in [-0.39, 0.29) is 5.75 Å². The van der Waals surface area contributed by atoms with Crippen molar-refractivity contribution in [1.82, 2.24) is 0 Å². The second kappa shape index (κ2) is 5.54. The Morgan fingerprint density at radius 2 is 1.92 bits per heavy atom. The van der Waals surface area contributed by atoms with Crippen LogP contribution >= 0.6 is 0 Å². The molecule has 0 heterocycles. The summed E-state index contributed by atoms with van der Waals surface area (Å²) in [6, 6.07) is 0. The average Bonchev–Trinajstić information content (AvgIpc) is 2.02. The molecule has 3 nitrogen and oxygen atoms in total. The van der Waals surface area contributed by atoms with Crippen LogP contribution < -0.4 is 0 Å². The Bertz CT molecular complexity index is 196. The van der Waals surface area contributed by atoms with Crippen LogP contribution in [0.4, 0.5) is 0 Å². The monoisotopic (exact) mass is 194 g/mol. The van der Waals surface area contributed by atoms with Crippen molar-refractivity contribution in [3.05, 3.63) is 0 Å². The lowest BCUT2D eigenvalue weighted by Crippen LogP contribution is -2.10. The molecule has 0 amide bonds. The van der Waals surface area contributed by atoms with Crippen LogP contribution in [-0.2, 0) is 14.3 Å². The lowest BCUT2D eigenvalue weighted by atomic mass is 10.0. The Labute approximate surface area is 75.2 Å². The maximum Gasteiger partial charge on any atom is 0.267 e. The molecule has 0 fully saturated rings. The molecule has 0 aliphatic rings. The van der Waals surface area contributed by atoms with Crippen molar-refractivity contribution in [2.24, 2.45) is 5.92 Å². The highest BCUT2D eigenvalue weighted by molar-refractivity contribution is 7.86. The third kappa shape index (κ3) is 5.55. The maximum atomic E-state index is 10.9. The summed E-state index contributed by atoms with van der Waals surface area (Å²) >= 11 is 0.